The molecule has 1 amide bonds. The molecule has 0 spiro atoms. The van der Waals surface area contributed by atoms with Crippen molar-refractivity contribution in [1.82, 2.24) is 10.3 Å². The van der Waals surface area contributed by atoms with Crippen LogP contribution in [0.2, 0.25) is 0 Å². The molecule has 1 aromatic rings. The van der Waals surface area contributed by atoms with E-state index in [2.05, 4.69) is 15.6 Å². The van der Waals surface area contributed by atoms with Gasteiger partial charge in [-0.1, -0.05) is 6.07 Å². The van der Waals surface area contributed by atoms with Crippen LogP contribution in [-0.2, 0) is 4.79 Å². The van der Waals surface area contributed by atoms with Crippen molar-refractivity contribution in [3.63, 3.8) is 0 Å². The van der Waals surface area contributed by atoms with Gasteiger partial charge in [0.05, 0.1) is 5.54 Å². The van der Waals surface area contributed by atoms with Gasteiger partial charge in [-0.25, -0.2) is 4.98 Å². The molecule has 5 heteroatoms. The monoisotopic (exact) mass is 223 g/mol. The number of carbonyl (C=O) groups excluding carboxylic acids is 1. The first-order valence-corrected chi connectivity index (χ1v) is 5.29. The summed E-state index contributed by atoms with van der Waals surface area (Å²) < 4.78 is 12.8. The second kappa shape index (κ2) is 4.17. The summed E-state index contributed by atoms with van der Waals surface area (Å²) in [5, 5.41) is 5.75. The molecule has 4 nitrogen and oxygen atoms in total. The van der Waals surface area contributed by atoms with Crippen molar-refractivity contribution in [2.75, 3.05) is 11.9 Å². The Morgan fingerprint density at radius 3 is 3.06 bits per heavy atom. The van der Waals surface area contributed by atoms with Gasteiger partial charge in [0, 0.05) is 0 Å². The average Bonchev–Trinajstić information content (AvgIpc) is 2.66. The second-order valence-corrected chi connectivity index (χ2v) is 4.16. The number of amides is 1. The Morgan fingerprint density at radius 2 is 2.44 bits per heavy atom. The summed E-state index contributed by atoms with van der Waals surface area (Å²) in [4.78, 5) is 15.5. The van der Waals surface area contributed by atoms with Crippen LogP contribution in [0.3, 0.4) is 0 Å². The van der Waals surface area contributed by atoms with E-state index in [1.165, 1.54) is 12.1 Å². The Labute approximate surface area is 93.3 Å². The van der Waals surface area contributed by atoms with E-state index in [4.69, 9.17) is 0 Å². The molecule has 16 heavy (non-hydrogen) atoms. The van der Waals surface area contributed by atoms with Crippen LogP contribution in [-0.4, -0.2) is 23.0 Å². The Morgan fingerprint density at radius 1 is 1.62 bits per heavy atom. The molecule has 1 unspecified atom stereocenters. The van der Waals surface area contributed by atoms with Crippen LogP contribution >= 0.6 is 0 Å². The molecule has 1 fully saturated rings. The fourth-order valence-corrected chi connectivity index (χ4v) is 1.82. The first kappa shape index (κ1) is 11.0. The fraction of sp³-hybridized carbons (Fsp3) is 0.455. The third-order valence-electron chi connectivity index (χ3n) is 2.83. The molecule has 0 aliphatic carbocycles. The molecule has 1 saturated heterocycles. The number of hydrogen-bond acceptors (Lipinski definition) is 3. The molecule has 1 aliphatic heterocycles. The zero-order valence-electron chi connectivity index (χ0n) is 9.09. The maximum Gasteiger partial charge on any atom is 0.245 e. The van der Waals surface area contributed by atoms with E-state index in [9.17, 15) is 9.18 Å². The number of pyridine rings is 1. The summed E-state index contributed by atoms with van der Waals surface area (Å²) >= 11 is 0. The van der Waals surface area contributed by atoms with E-state index in [-0.39, 0.29) is 11.7 Å². The smallest absolute Gasteiger partial charge is 0.245 e. The highest BCUT2D eigenvalue weighted by atomic mass is 19.1. The standard InChI is InChI=1S/C11H14FN3O/c1-11(6-3-7-13-11)10(16)15-9-5-2-4-8(12)14-9/h2,4-5,13H,3,6-7H2,1H3,(H,14,15,16). The van der Waals surface area contributed by atoms with Gasteiger partial charge in [-0.15, -0.1) is 0 Å². The number of aromatic nitrogens is 1. The summed E-state index contributed by atoms with van der Waals surface area (Å²) in [5.74, 6) is -0.509. The average molecular weight is 223 g/mol. The molecule has 86 valence electrons. The Kier molecular flexibility index (Phi) is 2.87. The van der Waals surface area contributed by atoms with E-state index in [1.54, 1.807) is 6.07 Å². The summed E-state index contributed by atoms with van der Waals surface area (Å²) in [5.41, 5.74) is -0.562. The molecule has 1 aliphatic rings. The first-order chi connectivity index (χ1) is 7.60. The largest absolute Gasteiger partial charge is 0.309 e. The van der Waals surface area contributed by atoms with Gasteiger partial charge in [0.15, 0.2) is 0 Å². The van der Waals surface area contributed by atoms with Gasteiger partial charge in [0.25, 0.3) is 0 Å². The van der Waals surface area contributed by atoms with Crippen LogP contribution in [0.1, 0.15) is 19.8 Å². The zero-order chi connectivity index (χ0) is 11.6. The molecule has 2 heterocycles. The van der Waals surface area contributed by atoms with Gasteiger partial charge in [0.1, 0.15) is 5.82 Å². The minimum absolute atomic E-state index is 0.164. The molecule has 0 radical (unpaired) electrons. The lowest BCUT2D eigenvalue weighted by atomic mass is 9.99. The van der Waals surface area contributed by atoms with Crippen molar-refractivity contribution in [1.29, 1.82) is 0 Å². The number of rotatable bonds is 2. The number of halogens is 1. The molecular weight excluding hydrogens is 209 g/mol. The number of carbonyl (C=O) groups is 1. The van der Waals surface area contributed by atoms with Crippen LogP contribution in [0.4, 0.5) is 10.2 Å². The lowest BCUT2D eigenvalue weighted by molar-refractivity contribution is -0.121. The van der Waals surface area contributed by atoms with Crippen molar-refractivity contribution in [2.45, 2.75) is 25.3 Å². The number of anilines is 1. The Bertz CT molecular complexity index is 402. The predicted octanol–water partition coefficient (Wildman–Crippen LogP) is 1.30. The van der Waals surface area contributed by atoms with Gasteiger partial charge in [-0.05, 0) is 38.4 Å². The van der Waals surface area contributed by atoms with E-state index < -0.39 is 11.5 Å². The zero-order valence-corrected chi connectivity index (χ0v) is 9.09. The quantitative estimate of drug-likeness (QED) is 0.743. The van der Waals surface area contributed by atoms with Crippen LogP contribution < -0.4 is 10.6 Å². The van der Waals surface area contributed by atoms with Crippen molar-refractivity contribution in [3.8, 4) is 0 Å². The van der Waals surface area contributed by atoms with E-state index >= 15 is 0 Å². The van der Waals surface area contributed by atoms with Crippen molar-refractivity contribution in [3.05, 3.63) is 24.1 Å². The Balaban J connectivity index is 2.07. The van der Waals surface area contributed by atoms with E-state index in [1.807, 2.05) is 6.92 Å². The number of nitrogens with zero attached hydrogens (tertiary/aromatic N) is 1. The number of nitrogens with one attached hydrogen (secondary N) is 2. The van der Waals surface area contributed by atoms with Gasteiger partial charge < -0.3 is 10.6 Å². The summed E-state index contributed by atoms with van der Waals surface area (Å²) in [7, 11) is 0. The summed E-state index contributed by atoms with van der Waals surface area (Å²) in [6.45, 7) is 2.68. The fourth-order valence-electron chi connectivity index (χ4n) is 1.82. The minimum atomic E-state index is -0.595. The predicted molar refractivity (Wildman–Crippen MR) is 58.5 cm³/mol. The van der Waals surface area contributed by atoms with Crippen molar-refractivity contribution >= 4 is 11.7 Å². The molecular formula is C11H14FN3O. The molecule has 0 saturated carbocycles. The molecule has 1 atom stereocenters. The molecule has 2 N–H and O–H groups in total. The molecule has 0 bridgehead atoms. The van der Waals surface area contributed by atoms with Crippen LogP contribution in [0.15, 0.2) is 18.2 Å². The highest BCUT2D eigenvalue weighted by molar-refractivity contribution is 5.97. The second-order valence-electron chi connectivity index (χ2n) is 4.16. The maximum atomic E-state index is 12.8. The van der Waals surface area contributed by atoms with Crippen LogP contribution in [0, 0.1) is 5.95 Å². The molecule has 0 aromatic carbocycles. The van der Waals surface area contributed by atoms with E-state index in [0.717, 1.165) is 19.4 Å². The SMILES string of the molecule is CC1(C(=O)Nc2cccc(F)n2)CCCN1. The third kappa shape index (κ3) is 2.19. The Hall–Kier alpha value is -1.49. The highest BCUT2D eigenvalue weighted by Crippen LogP contribution is 2.20. The van der Waals surface area contributed by atoms with Gasteiger partial charge in [0.2, 0.25) is 11.9 Å². The van der Waals surface area contributed by atoms with Crippen LogP contribution in [0.25, 0.3) is 0 Å². The summed E-state index contributed by atoms with van der Waals surface area (Å²) in [6.07, 6.45) is 1.76. The van der Waals surface area contributed by atoms with Gasteiger partial charge in [-0.2, -0.15) is 4.39 Å². The van der Waals surface area contributed by atoms with E-state index in [0.29, 0.717) is 0 Å². The van der Waals surface area contributed by atoms with Gasteiger partial charge >= 0.3 is 0 Å². The van der Waals surface area contributed by atoms with Crippen molar-refractivity contribution < 1.29 is 9.18 Å². The lowest BCUT2D eigenvalue weighted by Gasteiger charge is -2.22. The highest BCUT2D eigenvalue weighted by Gasteiger charge is 2.35. The summed E-state index contributed by atoms with van der Waals surface area (Å²) in [6, 6.07) is 4.33. The minimum Gasteiger partial charge on any atom is -0.309 e. The third-order valence-corrected chi connectivity index (χ3v) is 2.83. The van der Waals surface area contributed by atoms with Gasteiger partial charge in [-0.3, -0.25) is 4.79 Å². The molecule has 1 aromatic heterocycles. The first-order valence-electron chi connectivity index (χ1n) is 5.29. The topological polar surface area (TPSA) is 54.0 Å². The normalized spacial score (nSPS) is 24.4. The molecule has 2 rings (SSSR count). The van der Waals surface area contributed by atoms with Crippen molar-refractivity contribution in [2.24, 2.45) is 0 Å². The lowest BCUT2D eigenvalue weighted by Crippen LogP contribution is -2.48. The maximum absolute atomic E-state index is 12.8. The number of hydrogen-bond donors (Lipinski definition) is 2. The van der Waals surface area contributed by atoms with Crippen LogP contribution in [0.5, 0.6) is 0 Å².